The number of likely N-dealkylation sites (tertiary alicyclic amines) is 2. The Morgan fingerprint density at radius 3 is 2.83 bits per heavy atom. The lowest BCUT2D eigenvalue weighted by Crippen LogP contribution is -2.37. The van der Waals surface area contributed by atoms with Gasteiger partial charge in [0.15, 0.2) is 0 Å². The van der Waals surface area contributed by atoms with E-state index in [-0.39, 0.29) is 17.7 Å². The molecule has 0 bridgehead atoms. The van der Waals surface area contributed by atoms with Crippen LogP contribution in [0.1, 0.15) is 52.7 Å². The number of aromatic nitrogens is 2. The number of carbonyl (C=O) groups excluding carboxylic acids is 1. The summed E-state index contributed by atoms with van der Waals surface area (Å²) in [6, 6.07) is 6.18. The van der Waals surface area contributed by atoms with E-state index in [1.807, 2.05) is 18.0 Å². The van der Waals surface area contributed by atoms with Crippen LogP contribution in [0.3, 0.4) is 0 Å². The van der Waals surface area contributed by atoms with Gasteiger partial charge in [0.2, 0.25) is 0 Å². The average molecular weight is 429 g/mol. The molecule has 2 atom stereocenters. The van der Waals surface area contributed by atoms with Crippen LogP contribution >= 0.6 is 11.3 Å². The van der Waals surface area contributed by atoms with Crippen LogP contribution in [0.5, 0.6) is 0 Å². The minimum Gasteiger partial charge on any atom is -0.481 e. The fraction of sp³-hybridized carbons (Fsp3) is 0.591. The summed E-state index contributed by atoms with van der Waals surface area (Å²) < 4.78 is 1.72. The van der Waals surface area contributed by atoms with Crippen LogP contribution in [0.15, 0.2) is 23.6 Å². The van der Waals surface area contributed by atoms with Gasteiger partial charge in [0, 0.05) is 62.4 Å². The Labute approximate surface area is 180 Å². The molecule has 0 spiro atoms. The van der Waals surface area contributed by atoms with Gasteiger partial charge in [-0.05, 0) is 42.7 Å². The molecule has 0 radical (unpaired) electrons. The SMILES string of the molecule is Cn1nc(C2CC2)cc1C(=O)N1C[C@@H]2CN(Cc3cccs3)C[C@]2(CCC(=O)O)C1. The predicted octanol–water partition coefficient (Wildman–Crippen LogP) is 2.80. The number of thiophene rings is 1. The number of fused-ring (bicyclic) bond motifs is 1. The first-order valence-electron chi connectivity index (χ1n) is 10.7. The molecular weight excluding hydrogens is 400 g/mol. The molecule has 2 aromatic rings. The number of carbonyl (C=O) groups is 2. The highest BCUT2D eigenvalue weighted by Gasteiger charge is 2.53. The number of aliphatic carboxylic acids is 1. The number of carboxylic acids is 1. The number of hydrogen-bond acceptors (Lipinski definition) is 5. The number of nitrogens with zero attached hydrogens (tertiary/aromatic N) is 4. The molecule has 2 aliphatic heterocycles. The van der Waals surface area contributed by atoms with Crippen molar-refractivity contribution in [3.8, 4) is 0 Å². The molecule has 2 saturated heterocycles. The maximum Gasteiger partial charge on any atom is 0.303 e. The van der Waals surface area contributed by atoms with Crippen molar-refractivity contribution >= 4 is 23.2 Å². The Morgan fingerprint density at radius 1 is 1.30 bits per heavy atom. The highest BCUT2D eigenvalue weighted by molar-refractivity contribution is 7.09. The third kappa shape index (κ3) is 3.67. The molecule has 4 heterocycles. The van der Waals surface area contributed by atoms with Gasteiger partial charge in [0.1, 0.15) is 5.69 Å². The Hall–Kier alpha value is -2.19. The van der Waals surface area contributed by atoms with E-state index in [1.54, 1.807) is 16.0 Å². The van der Waals surface area contributed by atoms with Crippen molar-refractivity contribution in [3.05, 3.63) is 39.8 Å². The summed E-state index contributed by atoms with van der Waals surface area (Å²) in [5.41, 5.74) is 1.55. The highest BCUT2D eigenvalue weighted by atomic mass is 32.1. The third-order valence-corrected chi connectivity index (χ3v) is 7.89. The number of hydrogen-bond donors (Lipinski definition) is 1. The van der Waals surface area contributed by atoms with E-state index in [0.717, 1.165) is 38.2 Å². The molecule has 3 aliphatic rings. The first-order valence-corrected chi connectivity index (χ1v) is 11.6. The highest BCUT2D eigenvalue weighted by Crippen LogP contribution is 2.47. The maximum absolute atomic E-state index is 13.3. The van der Waals surface area contributed by atoms with Gasteiger partial charge in [-0.15, -0.1) is 11.3 Å². The second-order valence-corrected chi connectivity index (χ2v) is 10.3. The topological polar surface area (TPSA) is 78.7 Å². The molecule has 0 unspecified atom stereocenters. The molecule has 2 aromatic heterocycles. The van der Waals surface area contributed by atoms with Crippen molar-refractivity contribution in [1.82, 2.24) is 19.6 Å². The lowest BCUT2D eigenvalue weighted by Gasteiger charge is -2.29. The van der Waals surface area contributed by atoms with Crippen molar-refractivity contribution < 1.29 is 14.7 Å². The van der Waals surface area contributed by atoms with E-state index < -0.39 is 5.97 Å². The van der Waals surface area contributed by atoms with E-state index in [1.165, 1.54) is 4.88 Å². The summed E-state index contributed by atoms with van der Waals surface area (Å²) in [6.45, 7) is 4.01. The summed E-state index contributed by atoms with van der Waals surface area (Å²) >= 11 is 1.76. The molecular formula is C22H28N4O3S. The summed E-state index contributed by atoms with van der Waals surface area (Å²) in [5, 5.41) is 16.0. The number of aryl methyl sites for hydroxylation is 1. The lowest BCUT2D eigenvalue weighted by molar-refractivity contribution is -0.137. The molecule has 1 amide bonds. The smallest absolute Gasteiger partial charge is 0.303 e. The van der Waals surface area contributed by atoms with Gasteiger partial charge in [-0.1, -0.05) is 6.07 Å². The Kier molecular flexibility index (Phi) is 4.94. The zero-order valence-corrected chi connectivity index (χ0v) is 18.1. The van der Waals surface area contributed by atoms with Crippen LogP contribution in [0.2, 0.25) is 0 Å². The van der Waals surface area contributed by atoms with Gasteiger partial charge in [-0.25, -0.2) is 0 Å². The van der Waals surface area contributed by atoms with Crippen LogP contribution in [-0.4, -0.2) is 62.7 Å². The summed E-state index contributed by atoms with van der Waals surface area (Å²) in [5.74, 6) is 0.108. The molecule has 30 heavy (non-hydrogen) atoms. The molecule has 3 fully saturated rings. The molecule has 0 aromatic carbocycles. The zero-order chi connectivity index (χ0) is 20.9. The van der Waals surface area contributed by atoms with Crippen molar-refractivity contribution in [2.75, 3.05) is 26.2 Å². The van der Waals surface area contributed by atoms with Gasteiger partial charge < -0.3 is 10.0 Å². The van der Waals surface area contributed by atoms with Crippen LogP contribution in [0, 0.1) is 11.3 Å². The lowest BCUT2D eigenvalue weighted by atomic mass is 9.77. The summed E-state index contributed by atoms with van der Waals surface area (Å²) in [6.07, 6.45) is 3.10. The standard InChI is InChI=1S/C22H28N4O3S/c1-24-19(9-18(23-24)15-4-5-15)21(29)26-11-16-10-25(12-17-3-2-8-30-17)13-22(16,14-26)7-6-20(27)28/h2-3,8-9,15-16H,4-7,10-14H2,1H3,(H,27,28)/t16-,22+/m0/s1. The van der Waals surface area contributed by atoms with Gasteiger partial charge >= 0.3 is 5.97 Å². The molecule has 1 N–H and O–H groups in total. The van der Waals surface area contributed by atoms with E-state index in [2.05, 4.69) is 27.5 Å². The quantitative estimate of drug-likeness (QED) is 0.734. The van der Waals surface area contributed by atoms with Crippen LogP contribution in [-0.2, 0) is 18.4 Å². The fourth-order valence-electron chi connectivity index (χ4n) is 5.33. The number of amides is 1. The second-order valence-electron chi connectivity index (χ2n) is 9.24. The number of rotatable bonds is 7. The number of carboxylic acid groups (broad SMARTS) is 1. The first-order chi connectivity index (χ1) is 14.4. The van der Waals surface area contributed by atoms with Gasteiger partial charge in [-0.3, -0.25) is 19.2 Å². The second kappa shape index (κ2) is 7.50. The molecule has 1 saturated carbocycles. The van der Waals surface area contributed by atoms with E-state index in [4.69, 9.17) is 0 Å². The predicted molar refractivity (Wildman–Crippen MR) is 113 cm³/mol. The Balaban J connectivity index is 1.33. The van der Waals surface area contributed by atoms with E-state index in [9.17, 15) is 14.7 Å². The normalized spacial score (nSPS) is 26.3. The summed E-state index contributed by atoms with van der Waals surface area (Å²) in [4.78, 5) is 30.4. The molecule has 8 heteroatoms. The van der Waals surface area contributed by atoms with Crippen molar-refractivity contribution in [2.24, 2.45) is 18.4 Å². The van der Waals surface area contributed by atoms with Gasteiger partial charge in [-0.2, -0.15) is 5.10 Å². The monoisotopic (exact) mass is 428 g/mol. The maximum atomic E-state index is 13.3. The van der Waals surface area contributed by atoms with Crippen LogP contribution < -0.4 is 0 Å². The minimum absolute atomic E-state index is 0.0332. The fourth-order valence-corrected chi connectivity index (χ4v) is 6.08. The van der Waals surface area contributed by atoms with Crippen molar-refractivity contribution in [3.63, 3.8) is 0 Å². The summed E-state index contributed by atoms with van der Waals surface area (Å²) in [7, 11) is 1.85. The molecule has 5 rings (SSSR count). The van der Waals surface area contributed by atoms with Gasteiger partial charge in [0.25, 0.3) is 5.91 Å². The molecule has 1 aliphatic carbocycles. The van der Waals surface area contributed by atoms with Crippen molar-refractivity contribution in [2.45, 2.75) is 38.1 Å². The third-order valence-electron chi connectivity index (χ3n) is 7.03. The van der Waals surface area contributed by atoms with E-state index in [0.29, 0.717) is 37.0 Å². The Morgan fingerprint density at radius 2 is 2.13 bits per heavy atom. The first kappa shape index (κ1) is 19.8. The van der Waals surface area contributed by atoms with E-state index >= 15 is 0 Å². The minimum atomic E-state index is -0.759. The van der Waals surface area contributed by atoms with Gasteiger partial charge in [0.05, 0.1) is 5.69 Å². The zero-order valence-electron chi connectivity index (χ0n) is 17.3. The van der Waals surface area contributed by atoms with Crippen molar-refractivity contribution in [1.29, 1.82) is 0 Å². The van der Waals surface area contributed by atoms with Crippen LogP contribution in [0.25, 0.3) is 0 Å². The van der Waals surface area contributed by atoms with Crippen LogP contribution in [0.4, 0.5) is 0 Å². The Bertz CT molecular complexity index is 952. The average Bonchev–Trinajstić information content (AvgIpc) is 3.02. The molecule has 160 valence electrons. The largest absolute Gasteiger partial charge is 0.481 e. The molecule has 7 nitrogen and oxygen atoms in total.